The first-order valence-corrected chi connectivity index (χ1v) is 10.5. The largest absolute Gasteiger partial charge is 0.347 e. The number of amides is 1. The van der Waals surface area contributed by atoms with Gasteiger partial charge in [-0.2, -0.15) is 5.10 Å². The van der Waals surface area contributed by atoms with Crippen LogP contribution >= 0.6 is 22.6 Å². The molecule has 9 heteroatoms. The van der Waals surface area contributed by atoms with Crippen LogP contribution in [-0.2, 0) is 16.4 Å². The molecule has 26 heavy (non-hydrogen) atoms. The summed E-state index contributed by atoms with van der Waals surface area (Å²) in [5, 5.41) is 6.95. The molecule has 0 bridgehead atoms. The van der Waals surface area contributed by atoms with Crippen molar-refractivity contribution in [2.45, 2.75) is 11.4 Å². The lowest BCUT2D eigenvalue weighted by atomic mass is 10.2. The molecule has 1 aromatic carbocycles. The van der Waals surface area contributed by atoms with Gasteiger partial charge in [-0.25, -0.2) is 18.1 Å². The van der Waals surface area contributed by atoms with Crippen molar-refractivity contribution in [2.75, 3.05) is 6.26 Å². The van der Waals surface area contributed by atoms with Crippen molar-refractivity contribution in [3.05, 3.63) is 69.7 Å². The van der Waals surface area contributed by atoms with E-state index >= 15 is 0 Å². The molecule has 0 unspecified atom stereocenters. The van der Waals surface area contributed by atoms with Gasteiger partial charge in [0, 0.05) is 19.0 Å². The van der Waals surface area contributed by atoms with Gasteiger partial charge in [0.1, 0.15) is 5.69 Å². The highest BCUT2D eigenvalue weighted by molar-refractivity contribution is 14.1. The molecular formula is C17H15IN4O3S. The number of nitrogens with zero attached hydrogens (tertiary/aromatic N) is 3. The van der Waals surface area contributed by atoms with E-state index in [-0.39, 0.29) is 23.0 Å². The van der Waals surface area contributed by atoms with E-state index in [4.69, 9.17) is 0 Å². The lowest BCUT2D eigenvalue weighted by molar-refractivity contribution is 0.0946. The molecule has 0 saturated carbocycles. The third-order valence-electron chi connectivity index (χ3n) is 3.56. The first kappa shape index (κ1) is 18.5. The average molecular weight is 482 g/mol. The van der Waals surface area contributed by atoms with Gasteiger partial charge < -0.3 is 5.32 Å². The lowest BCUT2D eigenvalue weighted by Crippen LogP contribution is -2.24. The van der Waals surface area contributed by atoms with Crippen molar-refractivity contribution in [1.29, 1.82) is 0 Å². The van der Waals surface area contributed by atoms with E-state index in [1.54, 1.807) is 41.2 Å². The van der Waals surface area contributed by atoms with Crippen molar-refractivity contribution >= 4 is 38.3 Å². The summed E-state index contributed by atoms with van der Waals surface area (Å²) in [6, 6.07) is 11.5. The molecule has 0 atom stereocenters. The van der Waals surface area contributed by atoms with E-state index < -0.39 is 9.84 Å². The third-order valence-corrected chi connectivity index (χ3v) is 5.24. The van der Waals surface area contributed by atoms with Crippen LogP contribution in [0, 0.1) is 3.57 Å². The zero-order valence-corrected chi connectivity index (χ0v) is 16.7. The molecule has 0 spiro atoms. The Morgan fingerprint density at radius 1 is 1.19 bits per heavy atom. The van der Waals surface area contributed by atoms with Crippen molar-refractivity contribution in [3.8, 4) is 5.82 Å². The minimum atomic E-state index is -3.23. The quantitative estimate of drug-likeness (QED) is 0.563. The minimum Gasteiger partial charge on any atom is -0.347 e. The second-order valence-electron chi connectivity index (χ2n) is 5.58. The van der Waals surface area contributed by atoms with Gasteiger partial charge in [-0.05, 0) is 52.4 Å². The van der Waals surface area contributed by atoms with Crippen LogP contribution in [-0.4, -0.2) is 35.3 Å². The Kier molecular flexibility index (Phi) is 5.37. The zero-order chi connectivity index (χ0) is 18.7. The maximum Gasteiger partial charge on any atom is 0.270 e. The summed E-state index contributed by atoms with van der Waals surface area (Å²) in [5.41, 5.74) is 1.07. The maximum absolute atomic E-state index is 12.3. The normalized spacial score (nSPS) is 11.3. The van der Waals surface area contributed by atoms with Gasteiger partial charge in [0.25, 0.3) is 5.91 Å². The van der Waals surface area contributed by atoms with Crippen molar-refractivity contribution in [1.82, 2.24) is 20.1 Å². The van der Waals surface area contributed by atoms with E-state index in [0.717, 1.165) is 15.4 Å². The van der Waals surface area contributed by atoms with E-state index in [9.17, 15) is 13.2 Å². The molecule has 0 aliphatic heterocycles. The average Bonchev–Trinajstić information content (AvgIpc) is 3.06. The topological polar surface area (TPSA) is 94.0 Å². The number of hydrogen-bond donors (Lipinski definition) is 1. The number of benzene rings is 1. The molecule has 3 aromatic rings. The Balaban J connectivity index is 1.69. The number of hydrogen-bond acceptors (Lipinski definition) is 5. The molecule has 0 aliphatic carbocycles. The van der Waals surface area contributed by atoms with Crippen LogP contribution < -0.4 is 5.32 Å². The van der Waals surface area contributed by atoms with Gasteiger partial charge >= 0.3 is 0 Å². The molecule has 0 aliphatic rings. The maximum atomic E-state index is 12.3. The number of rotatable bonds is 5. The Hall–Kier alpha value is -2.27. The molecule has 3 rings (SSSR count). The molecule has 2 heterocycles. The van der Waals surface area contributed by atoms with Gasteiger partial charge in [0.05, 0.1) is 14.7 Å². The molecule has 0 saturated heterocycles. The van der Waals surface area contributed by atoms with Gasteiger partial charge in [-0.3, -0.25) is 4.79 Å². The summed E-state index contributed by atoms with van der Waals surface area (Å²) in [7, 11) is -3.23. The molecular weight excluding hydrogens is 467 g/mol. The van der Waals surface area contributed by atoms with Crippen LogP contribution in [0.4, 0.5) is 0 Å². The Bertz CT molecular complexity index is 1050. The summed E-state index contributed by atoms with van der Waals surface area (Å²) in [6.45, 7) is 0.272. The fourth-order valence-electron chi connectivity index (χ4n) is 2.23. The molecule has 2 aromatic heterocycles. The van der Waals surface area contributed by atoms with E-state index in [2.05, 4.69) is 38.0 Å². The lowest BCUT2D eigenvalue weighted by Gasteiger charge is -2.07. The Morgan fingerprint density at radius 2 is 1.92 bits per heavy atom. The first-order valence-electron chi connectivity index (χ1n) is 7.58. The highest BCUT2D eigenvalue weighted by atomic mass is 127. The second-order valence-corrected chi connectivity index (χ2v) is 8.84. The van der Waals surface area contributed by atoms with Crippen LogP contribution in [0.3, 0.4) is 0 Å². The summed E-state index contributed by atoms with van der Waals surface area (Å²) in [5.74, 6) is 0.235. The van der Waals surface area contributed by atoms with Crippen molar-refractivity contribution in [3.63, 3.8) is 0 Å². The van der Waals surface area contributed by atoms with E-state index in [0.29, 0.717) is 5.82 Å². The number of aromatic nitrogens is 3. The SMILES string of the molecule is CS(=O)(=O)c1ccc(CNC(=O)c2cccc(-n3cc(I)cn3)n2)cc1. The van der Waals surface area contributed by atoms with Crippen LogP contribution in [0.1, 0.15) is 16.1 Å². The molecule has 1 amide bonds. The third kappa shape index (κ3) is 4.47. The molecule has 0 fully saturated rings. The molecule has 134 valence electrons. The molecule has 0 radical (unpaired) electrons. The molecule has 1 N–H and O–H groups in total. The predicted octanol–water partition coefficient (Wildman–Crippen LogP) is 2.21. The fourth-order valence-corrected chi connectivity index (χ4v) is 3.25. The monoisotopic (exact) mass is 482 g/mol. The van der Waals surface area contributed by atoms with Crippen molar-refractivity contribution in [2.24, 2.45) is 0 Å². The van der Waals surface area contributed by atoms with Gasteiger partial charge in [0.15, 0.2) is 15.7 Å². The fraction of sp³-hybridized carbons (Fsp3) is 0.118. The standard InChI is InChI=1S/C17H15IN4O3S/c1-26(24,25)14-7-5-12(6-8-14)9-19-17(23)15-3-2-4-16(21-15)22-11-13(18)10-20-22/h2-8,10-11H,9H2,1H3,(H,19,23). The van der Waals surface area contributed by atoms with Crippen LogP contribution in [0.25, 0.3) is 5.82 Å². The number of pyridine rings is 1. The number of halogens is 1. The Labute approximate surface area is 164 Å². The predicted molar refractivity (Wildman–Crippen MR) is 105 cm³/mol. The van der Waals surface area contributed by atoms with Crippen LogP contribution in [0.5, 0.6) is 0 Å². The van der Waals surface area contributed by atoms with E-state index in [1.165, 1.54) is 12.1 Å². The summed E-state index contributed by atoms with van der Waals surface area (Å²) < 4.78 is 25.5. The van der Waals surface area contributed by atoms with Crippen molar-refractivity contribution < 1.29 is 13.2 Å². The van der Waals surface area contributed by atoms with Gasteiger partial charge in [0.2, 0.25) is 0 Å². The summed E-state index contributed by atoms with van der Waals surface area (Å²) >= 11 is 2.15. The van der Waals surface area contributed by atoms with Crippen LogP contribution in [0.2, 0.25) is 0 Å². The Morgan fingerprint density at radius 3 is 2.54 bits per heavy atom. The second kappa shape index (κ2) is 7.54. The highest BCUT2D eigenvalue weighted by Crippen LogP contribution is 2.11. The molecule has 7 nitrogen and oxygen atoms in total. The van der Waals surface area contributed by atoms with Gasteiger partial charge in [-0.1, -0.05) is 18.2 Å². The number of carbonyl (C=O) groups is 1. The highest BCUT2D eigenvalue weighted by Gasteiger charge is 2.10. The zero-order valence-electron chi connectivity index (χ0n) is 13.8. The number of carbonyl (C=O) groups excluding carboxylic acids is 1. The minimum absolute atomic E-state index is 0.246. The first-order chi connectivity index (χ1) is 12.3. The van der Waals surface area contributed by atoms with Gasteiger partial charge in [-0.15, -0.1) is 0 Å². The van der Waals surface area contributed by atoms with E-state index in [1.807, 2.05) is 6.20 Å². The smallest absolute Gasteiger partial charge is 0.270 e. The summed E-state index contributed by atoms with van der Waals surface area (Å²) in [6.07, 6.45) is 4.67. The number of sulfone groups is 1. The number of nitrogens with one attached hydrogen (secondary N) is 1. The van der Waals surface area contributed by atoms with Crippen LogP contribution in [0.15, 0.2) is 59.8 Å². The summed E-state index contributed by atoms with van der Waals surface area (Å²) in [4.78, 5) is 16.9.